The van der Waals surface area contributed by atoms with Crippen molar-refractivity contribution >= 4 is 23.2 Å². The molecule has 7 nitrogen and oxygen atoms in total. The van der Waals surface area contributed by atoms with Gasteiger partial charge in [0.1, 0.15) is 0 Å². The number of nitrogens with zero attached hydrogens (tertiary/aromatic N) is 1. The molecule has 0 aliphatic carbocycles. The summed E-state index contributed by atoms with van der Waals surface area (Å²) in [5.41, 5.74) is 2.70. The second-order valence-electron chi connectivity index (χ2n) is 6.17. The Bertz CT molecular complexity index is 831. The Labute approximate surface area is 151 Å². The van der Waals surface area contributed by atoms with Gasteiger partial charge in [-0.1, -0.05) is 35.9 Å². The van der Waals surface area contributed by atoms with Crippen molar-refractivity contribution in [3.05, 3.63) is 69.3 Å². The predicted octanol–water partition coefficient (Wildman–Crippen LogP) is 3.42. The zero-order valence-electron chi connectivity index (χ0n) is 14.9. The lowest BCUT2D eigenvalue weighted by atomic mass is 10.0. The maximum Gasteiger partial charge on any atom is 0.274 e. The van der Waals surface area contributed by atoms with E-state index in [1.165, 1.54) is 13.0 Å². The molecule has 1 unspecified atom stereocenters. The predicted molar refractivity (Wildman–Crippen MR) is 98.8 cm³/mol. The van der Waals surface area contributed by atoms with Crippen LogP contribution in [0, 0.1) is 24.0 Å². The molecule has 0 saturated heterocycles. The molecule has 2 rings (SSSR count). The van der Waals surface area contributed by atoms with Crippen molar-refractivity contribution in [1.29, 1.82) is 0 Å². The molecule has 26 heavy (non-hydrogen) atoms. The van der Waals surface area contributed by atoms with E-state index in [9.17, 15) is 19.7 Å². The summed E-state index contributed by atoms with van der Waals surface area (Å²) in [7, 11) is 0. The Morgan fingerprint density at radius 2 is 1.77 bits per heavy atom. The molecule has 0 aliphatic heterocycles. The summed E-state index contributed by atoms with van der Waals surface area (Å²) in [6.07, 6.45) is 0.0182. The van der Waals surface area contributed by atoms with Crippen LogP contribution in [-0.2, 0) is 9.59 Å². The van der Waals surface area contributed by atoms with Crippen molar-refractivity contribution in [3.63, 3.8) is 0 Å². The summed E-state index contributed by atoms with van der Waals surface area (Å²) < 4.78 is 0. The van der Waals surface area contributed by atoms with Gasteiger partial charge in [0.2, 0.25) is 11.8 Å². The van der Waals surface area contributed by atoms with Gasteiger partial charge in [0, 0.05) is 24.2 Å². The lowest BCUT2D eigenvalue weighted by molar-refractivity contribution is -0.385. The first kappa shape index (κ1) is 19.1. The average molecular weight is 355 g/mol. The largest absolute Gasteiger partial charge is 0.349 e. The lowest BCUT2D eigenvalue weighted by Gasteiger charge is -2.18. The highest BCUT2D eigenvalue weighted by Gasteiger charge is 2.18. The zero-order chi connectivity index (χ0) is 19.3. The Hall–Kier alpha value is -3.22. The number of hydrogen-bond donors (Lipinski definition) is 2. The molecule has 0 saturated carbocycles. The van der Waals surface area contributed by atoms with E-state index in [1.54, 1.807) is 19.1 Å². The fourth-order valence-electron chi connectivity index (χ4n) is 2.58. The first-order valence-corrected chi connectivity index (χ1v) is 8.15. The molecule has 0 aromatic heterocycles. The van der Waals surface area contributed by atoms with E-state index in [0.29, 0.717) is 11.3 Å². The highest BCUT2D eigenvalue weighted by atomic mass is 16.6. The normalized spacial score (nSPS) is 11.5. The number of nitrogens with one attached hydrogen (secondary N) is 2. The monoisotopic (exact) mass is 355 g/mol. The Kier molecular flexibility index (Phi) is 6.06. The summed E-state index contributed by atoms with van der Waals surface area (Å²) in [5.74, 6) is -0.586. The standard InChI is InChI=1S/C19H21N3O4/c1-12-4-7-15(8-5-12)17(20-14(3)23)11-19(24)21-16-9-6-13(2)18(10-16)22(25)26/h4-10,17H,11H2,1-3H3,(H,20,23)(H,21,24). The smallest absolute Gasteiger partial charge is 0.274 e. The van der Waals surface area contributed by atoms with Gasteiger partial charge in [-0.2, -0.15) is 0 Å². The van der Waals surface area contributed by atoms with Crippen LogP contribution in [0.1, 0.15) is 36.1 Å². The summed E-state index contributed by atoms with van der Waals surface area (Å²) in [5, 5.41) is 16.4. The van der Waals surface area contributed by atoms with Crippen molar-refractivity contribution in [2.75, 3.05) is 5.32 Å². The fourth-order valence-corrected chi connectivity index (χ4v) is 2.58. The summed E-state index contributed by atoms with van der Waals surface area (Å²) >= 11 is 0. The molecule has 0 bridgehead atoms. The molecule has 2 amide bonds. The second kappa shape index (κ2) is 8.24. The summed E-state index contributed by atoms with van der Waals surface area (Å²) in [6.45, 7) is 4.98. The average Bonchev–Trinajstić information content (AvgIpc) is 2.56. The third-order valence-corrected chi connectivity index (χ3v) is 3.94. The van der Waals surface area contributed by atoms with Crippen LogP contribution < -0.4 is 10.6 Å². The van der Waals surface area contributed by atoms with Crippen molar-refractivity contribution in [2.45, 2.75) is 33.2 Å². The van der Waals surface area contributed by atoms with Gasteiger partial charge in [0.15, 0.2) is 0 Å². The van der Waals surface area contributed by atoms with Gasteiger partial charge in [0.25, 0.3) is 5.69 Å². The molecule has 0 spiro atoms. The molecule has 2 N–H and O–H groups in total. The van der Waals surface area contributed by atoms with E-state index in [-0.39, 0.29) is 23.9 Å². The lowest BCUT2D eigenvalue weighted by Crippen LogP contribution is -2.29. The Morgan fingerprint density at radius 3 is 2.35 bits per heavy atom. The minimum absolute atomic E-state index is 0.0182. The van der Waals surface area contributed by atoms with E-state index in [2.05, 4.69) is 10.6 Å². The summed E-state index contributed by atoms with van der Waals surface area (Å²) in [4.78, 5) is 34.4. The van der Waals surface area contributed by atoms with Crippen LogP contribution in [0.15, 0.2) is 42.5 Å². The van der Waals surface area contributed by atoms with Crippen molar-refractivity contribution < 1.29 is 14.5 Å². The van der Waals surface area contributed by atoms with Crippen LogP contribution in [0.25, 0.3) is 0 Å². The first-order valence-electron chi connectivity index (χ1n) is 8.15. The molecule has 136 valence electrons. The quantitative estimate of drug-likeness (QED) is 0.612. The van der Waals surface area contributed by atoms with Gasteiger partial charge >= 0.3 is 0 Å². The van der Waals surface area contributed by atoms with Crippen LogP contribution in [0.2, 0.25) is 0 Å². The molecule has 0 aliphatic rings. The van der Waals surface area contributed by atoms with E-state index in [0.717, 1.165) is 11.1 Å². The Balaban J connectivity index is 2.14. The Morgan fingerprint density at radius 1 is 1.12 bits per heavy atom. The SMILES string of the molecule is CC(=O)NC(CC(=O)Nc1ccc(C)c([N+](=O)[O-])c1)c1ccc(C)cc1. The van der Waals surface area contributed by atoms with E-state index in [4.69, 9.17) is 0 Å². The number of rotatable bonds is 6. The minimum Gasteiger partial charge on any atom is -0.349 e. The number of nitro benzene ring substituents is 1. The maximum absolute atomic E-state index is 12.4. The molecular weight excluding hydrogens is 334 g/mol. The third kappa shape index (κ3) is 5.14. The molecule has 1 atom stereocenters. The maximum atomic E-state index is 12.4. The van der Waals surface area contributed by atoms with Gasteiger partial charge < -0.3 is 10.6 Å². The molecule has 2 aromatic rings. The third-order valence-electron chi connectivity index (χ3n) is 3.94. The number of nitro groups is 1. The fraction of sp³-hybridized carbons (Fsp3) is 0.263. The number of amides is 2. The minimum atomic E-state index is -0.489. The molecule has 2 aromatic carbocycles. The van der Waals surface area contributed by atoms with Gasteiger partial charge in [0.05, 0.1) is 17.4 Å². The number of benzene rings is 2. The topological polar surface area (TPSA) is 101 Å². The van der Waals surface area contributed by atoms with Crippen LogP contribution in [0.3, 0.4) is 0 Å². The van der Waals surface area contributed by atoms with Gasteiger partial charge in [-0.15, -0.1) is 0 Å². The summed E-state index contributed by atoms with van der Waals surface area (Å²) in [6, 6.07) is 11.6. The van der Waals surface area contributed by atoms with E-state index < -0.39 is 11.0 Å². The number of anilines is 1. The van der Waals surface area contributed by atoms with Crippen molar-refractivity contribution in [3.8, 4) is 0 Å². The zero-order valence-corrected chi connectivity index (χ0v) is 14.9. The van der Waals surface area contributed by atoms with Crippen LogP contribution in [0.5, 0.6) is 0 Å². The van der Waals surface area contributed by atoms with E-state index >= 15 is 0 Å². The first-order chi connectivity index (χ1) is 12.3. The van der Waals surface area contributed by atoms with Gasteiger partial charge in [-0.3, -0.25) is 19.7 Å². The van der Waals surface area contributed by atoms with Gasteiger partial charge in [-0.25, -0.2) is 0 Å². The molecule has 0 heterocycles. The number of carbonyl (C=O) groups is 2. The number of hydrogen-bond acceptors (Lipinski definition) is 4. The second-order valence-corrected chi connectivity index (χ2v) is 6.17. The molecular formula is C19H21N3O4. The highest BCUT2D eigenvalue weighted by Crippen LogP contribution is 2.23. The van der Waals surface area contributed by atoms with Crippen LogP contribution in [-0.4, -0.2) is 16.7 Å². The van der Waals surface area contributed by atoms with Crippen molar-refractivity contribution in [1.82, 2.24) is 5.32 Å². The van der Waals surface area contributed by atoms with Gasteiger partial charge in [-0.05, 0) is 25.5 Å². The molecule has 0 radical (unpaired) electrons. The molecule has 7 heteroatoms. The number of aryl methyl sites for hydroxylation is 2. The van der Waals surface area contributed by atoms with E-state index in [1.807, 2.05) is 31.2 Å². The highest BCUT2D eigenvalue weighted by molar-refractivity contribution is 5.92. The van der Waals surface area contributed by atoms with Crippen molar-refractivity contribution in [2.24, 2.45) is 0 Å². The van der Waals surface area contributed by atoms with Crippen LogP contribution >= 0.6 is 0 Å². The van der Waals surface area contributed by atoms with Crippen LogP contribution in [0.4, 0.5) is 11.4 Å². The molecule has 0 fully saturated rings. The number of carbonyl (C=O) groups excluding carboxylic acids is 2.